The van der Waals surface area contributed by atoms with E-state index in [0.29, 0.717) is 25.1 Å². The van der Waals surface area contributed by atoms with Crippen molar-refractivity contribution >= 4 is 15.9 Å². The summed E-state index contributed by atoms with van der Waals surface area (Å²) in [6.45, 7) is 1.13. The SMILES string of the molecule is O=C(NCC1CCCC1N1CCCS1(=O)=O)c1ccc(-c2cn[nH]c2)cc1. The van der Waals surface area contributed by atoms with Crippen molar-refractivity contribution in [3.8, 4) is 11.1 Å². The van der Waals surface area contributed by atoms with Crippen LogP contribution in [0, 0.1) is 5.92 Å². The van der Waals surface area contributed by atoms with Crippen molar-refractivity contribution in [2.45, 2.75) is 31.7 Å². The van der Waals surface area contributed by atoms with Crippen LogP contribution >= 0.6 is 0 Å². The number of amides is 1. The minimum atomic E-state index is -3.11. The molecule has 1 saturated heterocycles. The van der Waals surface area contributed by atoms with Crippen molar-refractivity contribution in [1.82, 2.24) is 19.8 Å². The third-order valence-corrected chi connectivity index (χ3v) is 7.60. The first-order valence-electron chi connectivity index (χ1n) is 9.41. The fourth-order valence-corrected chi connectivity index (χ4v) is 6.04. The number of nitrogens with zero attached hydrogens (tertiary/aromatic N) is 2. The van der Waals surface area contributed by atoms with Crippen LogP contribution in [-0.2, 0) is 10.0 Å². The van der Waals surface area contributed by atoms with E-state index in [1.165, 1.54) is 0 Å². The van der Waals surface area contributed by atoms with Gasteiger partial charge < -0.3 is 5.32 Å². The predicted molar refractivity (Wildman–Crippen MR) is 103 cm³/mol. The second-order valence-electron chi connectivity index (χ2n) is 7.31. The minimum Gasteiger partial charge on any atom is -0.352 e. The van der Waals surface area contributed by atoms with E-state index >= 15 is 0 Å². The Labute approximate surface area is 159 Å². The third kappa shape index (κ3) is 3.77. The standard InChI is InChI=1S/C19H24N4O3S/c24-19(15-7-5-14(6-8-15)17-12-21-22-13-17)20-11-16-3-1-4-18(16)23-9-2-10-27(23,25)26/h5-8,12-13,16,18H,1-4,9-11H2,(H,20,24)(H,21,22). The van der Waals surface area contributed by atoms with Crippen molar-refractivity contribution < 1.29 is 13.2 Å². The molecule has 2 unspecified atom stereocenters. The van der Waals surface area contributed by atoms with E-state index in [9.17, 15) is 13.2 Å². The number of carbonyl (C=O) groups is 1. The molecule has 4 rings (SSSR count). The maximum Gasteiger partial charge on any atom is 0.251 e. The Morgan fingerprint density at radius 2 is 2.00 bits per heavy atom. The summed E-state index contributed by atoms with van der Waals surface area (Å²) in [5, 5.41) is 9.70. The molecule has 1 aromatic carbocycles. The van der Waals surface area contributed by atoms with E-state index in [-0.39, 0.29) is 23.6 Å². The molecule has 2 aliphatic rings. The van der Waals surface area contributed by atoms with Gasteiger partial charge in [0.2, 0.25) is 10.0 Å². The van der Waals surface area contributed by atoms with Crippen LogP contribution in [0.2, 0.25) is 0 Å². The molecule has 1 aliphatic carbocycles. The van der Waals surface area contributed by atoms with Crippen LogP contribution in [0.15, 0.2) is 36.7 Å². The molecular weight excluding hydrogens is 364 g/mol. The zero-order valence-corrected chi connectivity index (χ0v) is 15.9. The molecule has 0 bridgehead atoms. The number of aromatic amines is 1. The molecule has 0 spiro atoms. The highest BCUT2D eigenvalue weighted by Gasteiger charge is 2.40. The van der Waals surface area contributed by atoms with E-state index in [0.717, 1.165) is 30.4 Å². The molecule has 27 heavy (non-hydrogen) atoms. The van der Waals surface area contributed by atoms with Crippen LogP contribution in [0.5, 0.6) is 0 Å². The quantitative estimate of drug-likeness (QED) is 0.819. The Hall–Kier alpha value is -2.19. The van der Waals surface area contributed by atoms with Crippen LogP contribution in [0.1, 0.15) is 36.0 Å². The van der Waals surface area contributed by atoms with Gasteiger partial charge in [-0.1, -0.05) is 18.6 Å². The number of hydrogen-bond acceptors (Lipinski definition) is 4. The van der Waals surface area contributed by atoms with Crippen LogP contribution in [0.25, 0.3) is 11.1 Å². The van der Waals surface area contributed by atoms with Crippen LogP contribution in [0.4, 0.5) is 0 Å². The Kier molecular flexibility index (Phi) is 5.01. The molecule has 1 aliphatic heterocycles. The first-order chi connectivity index (χ1) is 13.0. The molecule has 144 valence electrons. The molecule has 1 aromatic heterocycles. The first kappa shape index (κ1) is 18.2. The van der Waals surface area contributed by atoms with Crippen molar-refractivity contribution in [1.29, 1.82) is 0 Å². The maximum absolute atomic E-state index is 12.5. The van der Waals surface area contributed by atoms with Crippen LogP contribution < -0.4 is 5.32 Å². The Morgan fingerprint density at radius 1 is 1.19 bits per heavy atom. The van der Waals surface area contributed by atoms with Gasteiger partial charge in [-0.2, -0.15) is 9.40 Å². The van der Waals surface area contributed by atoms with Gasteiger partial charge in [0, 0.05) is 36.5 Å². The minimum absolute atomic E-state index is 0.0290. The molecule has 2 aromatic rings. The molecule has 1 amide bonds. The van der Waals surface area contributed by atoms with Gasteiger partial charge in [-0.25, -0.2) is 8.42 Å². The summed E-state index contributed by atoms with van der Waals surface area (Å²) in [7, 11) is -3.11. The second-order valence-corrected chi connectivity index (χ2v) is 9.35. The average Bonchev–Trinajstić information content (AvgIpc) is 3.40. The molecule has 2 N–H and O–H groups in total. The Bertz CT molecular complexity index is 894. The molecule has 2 heterocycles. The van der Waals surface area contributed by atoms with Gasteiger partial charge in [0.25, 0.3) is 5.91 Å². The van der Waals surface area contributed by atoms with Gasteiger partial charge in [0.1, 0.15) is 0 Å². The number of H-pyrrole nitrogens is 1. The van der Waals surface area contributed by atoms with Crippen molar-refractivity contribution in [3.05, 3.63) is 42.2 Å². The Morgan fingerprint density at radius 3 is 2.67 bits per heavy atom. The summed E-state index contributed by atoms with van der Waals surface area (Å²) in [4.78, 5) is 12.5. The lowest BCUT2D eigenvalue weighted by atomic mass is 10.0. The summed E-state index contributed by atoms with van der Waals surface area (Å²) in [6.07, 6.45) is 7.11. The van der Waals surface area contributed by atoms with Gasteiger partial charge in [-0.15, -0.1) is 0 Å². The summed E-state index contributed by atoms with van der Waals surface area (Å²) >= 11 is 0. The van der Waals surface area contributed by atoms with Crippen molar-refractivity contribution in [3.63, 3.8) is 0 Å². The maximum atomic E-state index is 12.5. The smallest absolute Gasteiger partial charge is 0.251 e. The van der Waals surface area contributed by atoms with Gasteiger partial charge in [0.05, 0.1) is 11.9 Å². The van der Waals surface area contributed by atoms with Gasteiger partial charge in [-0.05, 0) is 42.9 Å². The van der Waals surface area contributed by atoms with Crippen LogP contribution in [-0.4, -0.2) is 53.7 Å². The molecule has 2 fully saturated rings. The average molecular weight is 388 g/mol. The molecule has 7 nitrogen and oxygen atoms in total. The number of nitrogens with one attached hydrogen (secondary N) is 2. The lowest BCUT2D eigenvalue weighted by Gasteiger charge is -2.28. The highest BCUT2D eigenvalue weighted by atomic mass is 32.2. The fourth-order valence-electron chi connectivity index (χ4n) is 4.21. The number of benzene rings is 1. The lowest BCUT2D eigenvalue weighted by molar-refractivity contribution is 0.0943. The van der Waals surface area contributed by atoms with E-state index in [1.807, 2.05) is 18.3 Å². The molecule has 0 radical (unpaired) electrons. The summed E-state index contributed by atoms with van der Waals surface area (Å²) in [6, 6.07) is 7.43. The van der Waals surface area contributed by atoms with E-state index < -0.39 is 10.0 Å². The molecule has 8 heteroatoms. The number of sulfonamides is 1. The highest BCUT2D eigenvalue weighted by Crippen LogP contribution is 2.33. The summed E-state index contributed by atoms with van der Waals surface area (Å²) < 4.78 is 26.1. The fraction of sp³-hybridized carbons (Fsp3) is 0.474. The van der Waals surface area contributed by atoms with E-state index in [4.69, 9.17) is 0 Å². The normalized spacial score (nSPS) is 24.9. The first-order valence-corrected chi connectivity index (χ1v) is 11.0. The Balaban J connectivity index is 1.37. The largest absolute Gasteiger partial charge is 0.352 e. The molecule has 2 atom stereocenters. The van der Waals surface area contributed by atoms with E-state index in [2.05, 4.69) is 15.5 Å². The molecular formula is C19H24N4O3S. The zero-order chi connectivity index (χ0) is 18.9. The van der Waals surface area contributed by atoms with Crippen molar-refractivity contribution in [2.75, 3.05) is 18.8 Å². The van der Waals surface area contributed by atoms with Crippen molar-refractivity contribution in [2.24, 2.45) is 5.92 Å². The monoisotopic (exact) mass is 388 g/mol. The highest BCUT2D eigenvalue weighted by molar-refractivity contribution is 7.89. The second kappa shape index (κ2) is 7.44. The summed E-state index contributed by atoms with van der Waals surface area (Å²) in [5.74, 6) is 0.321. The summed E-state index contributed by atoms with van der Waals surface area (Å²) in [5.41, 5.74) is 2.57. The van der Waals surface area contributed by atoms with Gasteiger partial charge >= 0.3 is 0 Å². The molecule has 1 saturated carbocycles. The van der Waals surface area contributed by atoms with Gasteiger partial charge in [0.15, 0.2) is 0 Å². The lowest BCUT2D eigenvalue weighted by Crippen LogP contribution is -2.43. The number of carbonyl (C=O) groups excluding carboxylic acids is 1. The van der Waals surface area contributed by atoms with Crippen LogP contribution in [0.3, 0.4) is 0 Å². The number of aromatic nitrogens is 2. The zero-order valence-electron chi connectivity index (χ0n) is 15.1. The number of hydrogen-bond donors (Lipinski definition) is 2. The van der Waals surface area contributed by atoms with E-state index in [1.54, 1.807) is 22.6 Å². The number of rotatable bonds is 5. The predicted octanol–water partition coefficient (Wildman–Crippen LogP) is 2.01. The van der Waals surface area contributed by atoms with Gasteiger partial charge in [-0.3, -0.25) is 9.89 Å². The topological polar surface area (TPSA) is 95.2 Å². The third-order valence-electron chi connectivity index (χ3n) is 5.63.